The van der Waals surface area contributed by atoms with E-state index in [-0.39, 0.29) is 0 Å². The first kappa shape index (κ1) is 25.3. The fourth-order valence-corrected chi connectivity index (χ4v) is 6.27. The molecular formula is C40H24N4O. The third-order valence-corrected chi connectivity index (χ3v) is 8.37. The molecule has 3 heterocycles. The number of fused-ring (bicyclic) bond motifs is 5. The highest BCUT2D eigenvalue weighted by atomic mass is 16.3. The first-order chi connectivity index (χ1) is 22.3. The van der Waals surface area contributed by atoms with Crippen molar-refractivity contribution in [2.75, 3.05) is 0 Å². The molecule has 0 spiro atoms. The van der Waals surface area contributed by atoms with Gasteiger partial charge in [0.2, 0.25) is 0 Å². The summed E-state index contributed by atoms with van der Waals surface area (Å²) in [6, 6.07) is 47.4. The van der Waals surface area contributed by atoms with Crippen molar-refractivity contribution in [3.8, 4) is 45.3 Å². The zero-order valence-electron chi connectivity index (χ0n) is 24.1. The maximum atomic E-state index is 6.38. The smallest absolute Gasteiger partial charge is 0.164 e. The van der Waals surface area contributed by atoms with E-state index in [1.165, 1.54) is 0 Å². The summed E-state index contributed by atoms with van der Waals surface area (Å²) in [5, 5.41) is 5.37. The number of hydrogen-bond donors (Lipinski definition) is 0. The predicted molar refractivity (Wildman–Crippen MR) is 182 cm³/mol. The molecule has 0 saturated heterocycles. The van der Waals surface area contributed by atoms with Crippen LogP contribution in [0.1, 0.15) is 0 Å². The lowest BCUT2D eigenvalue weighted by atomic mass is 9.92. The molecule has 9 rings (SSSR count). The highest BCUT2D eigenvalue weighted by Crippen LogP contribution is 2.42. The Morgan fingerprint density at radius 1 is 0.422 bits per heavy atom. The number of benzene rings is 6. The van der Waals surface area contributed by atoms with Gasteiger partial charge in [0.1, 0.15) is 11.2 Å². The van der Waals surface area contributed by atoms with E-state index in [0.29, 0.717) is 17.5 Å². The first-order valence-corrected chi connectivity index (χ1v) is 14.9. The number of nitrogens with zero attached hydrogens (tertiary/aromatic N) is 4. The van der Waals surface area contributed by atoms with Crippen molar-refractivity contribution in [1.82, 2.24) is 19.9 Å². The lowest BCUT2D eigenvalue weighted by Crippen LogP contribution is -2.00. The molecular weight excluding hydrogens is 552 g/mol. The highest BCUT2D eigenvalue weighted by Gasteiger charge is 2.19. The third kappa shape index (κ3) is 4.25. The van der Waals surface area contributed by atoms with Gasteiger partial charge in [-0.15, -0.1) is 0 Å². The SMILES string of the molecule is c1ccc(-c2nc(-c3ccccc3)nc(-c3ccc(-c4cccc5oc6cc7cccnc7cc6c45)c4ccccc34)n2)cc1. The maximum Gasteiger partial charge on any atom is 0.164 e. The molecule has 0 aliphatic carbocycles. The normalized spacial score (nSPS) is 11.6. The number of pyridine rings is 1. The zero-order valence-corrected chi connectivity index (χ0v) is 24.1. The lowest BCUT2D eigenvalue weighted by molar-refractivity contribution is 0.669. The maximum absolute atomic E-state index is 6.38. The van der Waals surface area contributed by atoms with Crippen molar-refractivity contribution < 1.29 is 4.42 Å². The largest absolute Gasteiger partial charge is 0.456 e. The van der Waals surface area contributed by atoms with Crippen molar-refractivity contribution >= 4 is 43.6 Å². The van der Waals surface area contributed by atoms with Crippen molar-refractivity contribution in [1.29, 1.82) is 0 Å². The fourth-order valence-electron chi connectivity index (χ4n) is 6.27. The van der Waals surface area contributed by atoms with Crippen molar-refractivity contribution in [2.45, 2.75) is 0 Å². The van der Waals surface area contributed by atoms with Crippen LogP contribution in [0.25, 0.3) is 88.9 Å². The number of rotatable bonds is 4. The van der Waals surface area contributed by atoms with Crippen LogP contribution in [0.15, 0.2) is 150 Å². The molecule has 5 nitrogen and oxygen atoms in total. The molecule has 0 unspecified atom stereocenters. The standard InChI is InChI=1S/C40H24N4O/c1-3-11-25(12-4-1)38-42-39(26-13-5-2-6-14-26)44-40(43-38)32-21-20-30(28-16-7-8-17-29(28)32)31-18-9-19-35-37(31)33-24-34-27(15-10-22-41-34)23-36(33)45-35/h1-24H. The molecule has 0 saturated carbocycles. The van der Waals surface area contributed by atoms with Gasteiger partial charge in [-0.1, -0.05) is 109 Å². The predicted octanol–water partition coefficient (Wildman–Crippen LogP) is 10.1. The Balaban J connectivity index is 1.28. The highest BCUT2D eigenvalue weighted by molar-refractivity contribution is 6.18. The number of furan rings is 1. The molecule has 0 aliphatic rings. The Morgan fingerprint density at radius 3 is 1.80 bits per heavy atom. The van der Waals surface area contributed by atoms with Gasteiger partial charge in [0.25, 0.3) is 0 Å². The summed E-state index contributed by atoms with van der Waals surface area (Å²) in [6.45, 7) is 0. The van der Waals surface area contributed by atoms with Crippen LogP contribution in [0.2, 0.25) is 0 Å². The molecule has 6 aromatic carbocycles. The second kappa shape index (κ2) is 10.2. The van der Waals surface area contributed by atoms with Crippen LogP contribution < -0.4 is 0 Å². The zero-order chi connectivity index (χ0) is 29.7. The summed E-state index contributed by atoms with van der Waals surface area (Å²) < 4.78 is 6.38. The van der Waals surface area contributed by atoms with Gasteiger partial charge in [-0.3, -0.25) is 4.98 Å². The Hall–Kier alpha value is -6.20. The van der Waals surface area contributed by atoms with Crippen LogP contribution in [-0.2, 0) is 0 Å². The van der Waals surface area contributed by atoms with E-state index in [0.717, 1.165) is 71.4 Å². The molecule has 0 radical (unpaired) electrons. The molecule has 0 fully saturated rings. The molecule has 3 aromatic heterocycles. The van der Waals surface area contributed by atoms with E-state index < -0.39 is 0 Å². The average molecular weight is 577 g/mol. The van der Waals surface area contributed by atoms with Crippen LogP contribution in [0.4, 0.5) is 0 Å². The Bertz CT molecular complexity index is 2480. The average Bonchev–Trinajstić information content (AvgIpc) is 3.48. The minimum atomic E-state index is 0.634. The van der Waals surface area contributed by atoms with Crippen LogP contribution in [0, 0.1) is 0 Å². The molecule has 9 aromatic rings. The Labute approximate surface area is 258 Å². The van der Waals surface area contributed by atoms with E-state index in [1.54, 1.807) is 0 Å². The van der Waals surface area contributed by atoms with Gasteiger partial charge < -0.3 is 4.42 Å². The minimum absolute atomic E-state index is 0.634. The lowest BCUT2D eigenvalue weighted by Gasteiger charge is -2.13. The second-order valence-corrected chi connectivity index (χ2v) is 11.1. The van der Waals surface area contributed by atoms with Crippen LogP contribution >= 0.6 is 0 Å². The van der Waals surface area contributed by atoms with Crippen molar-refractivity contribution in [2.24, 2.45) is 0 Å². The molecule has 0 bridgehead atoms. The van der Waals surface area contributed by atoms with E-state index in [2.05, 4.69) is 71.7 Å². The number of aromatic nitrogens is 4. The van der Waals surface area contributed by atoms with E-state index in [1.807, 2.05) is 79.0 Å². The molecule has 0 aliphatic heterocycles. The molecule has 0 amide bonds. The fraction of sp³-hybridized carbons (Fsp3) is 0. The van der Waals surface area contributed by atoms with Gasteiger partial charge in [0.05, 0.1) is 5.52 Å². The van der Waals surface area contributed by atoms with Crippen LogP contribution in [0.5, 0.6) is 0 Å². The topological polar surface area (TPSA) is 64.7 Å². The van der Waals surface area contributed by atoms with E-state index in [4.69, 9.17) is 19.4 Å². The monoisotopic (exact) mass is 576 g/mol. The van der Waals surface area contributed by atoms with Gasteiger partial charge in [-0.25, -0.2) is 15.0 Å². The van der Waals surface area contributed by atoms with E-state index in [9.17, 15) is 0 Å². The van der Waals surface area contributed by atoms with Crippen LogP contribution in [-0.4, -0.2) is 19.9 Å². The summed E-state index contributed by atoms with van der Waals surface area (Å²) >= 11 is 0. The van der Waals surface area contributed by atoms with Gasteiger partial charge in [-0.05, 0) is 52.2 Å². The van der Waals surface area contributed by atoms with Gasteiger partial charge in [-0.2, -0.15) is 0 Å². The van der Waals surface area contributed by atoms with Crippen molar-refractivity contribution in [3.05, 3.63) is 146 Å². The quantitative estimate of drug-likeness (QED) is 0.209. The first-order valence-electron chi connectivity index (χ1n) is 14.9. The third-order valence-electron chi connectivity index (χ3n) is 8.37. The Kier molecular flexibility index (Phi) is 5.74. The van der Waals surface area contributed by atoms with Crippen molar-refractivity contribution in [3.63, 3.8) is 0 Å². The van der Waals surface area contributed by atoms with E-state index >= 15 is 0 Å². The summed E-state index contributed by atoms with van der Waals surface area (Å²) in [7, 11) is 0. The number of hydrogen-bond acceptors (Lipinski definition) is 5. The van der Waals surface area contributed by atoms with Gasteiger partial charge >= 0.3 is 0 Å². The van der Waals surface area contributed by atoms with Gasteiger partial charge in [0.15, 0.2) is 17.5 Å². The summed E-state index contributed by atoms with van der Waals surface area (Å²) in [4.78, 5) is 19.5. The molecule has 45 heavy (non-hydrogen) atoms. The molecule has 0 atom stereocenters. The molecule has 5 heteroatoms. The second-order valence-electron chi connectivity index (χ2n) is 11.1. The minimum Gasteiger partial charge on any atom is -0.456 e. The molecule has 210 valence electrons. The summed E-state index contributed by atoms with van der Waals surface area (Å²) in [6.07, 6.45) is 1.83. The Morgan fingerprint density at radius 2 is 1.07 bits per heavy atom. The van der Waals surface area contributed by atoms with Gasteiger partial charge in [0, 0.05) is 39.0 Å². The molecule has 0 N–H and O–H groups in total. The summed E-state index contributed by atoms with van der Waals surface area (Å²) in [5.41, 5.74) is 7.71. The summed E-state index contributed by atoms with van der Waals surface area (Å²) in [5.74, 6) is 1.92. The van der Waals surface area contributed by atoms with Crippen LogP contribution in [0.3, 0.4) is 0 Å².